The van der Waals surface area contributed by atoms with Gasteiger partial charge in [-0.05, 0) is 59.6 Å². The normalized spacial score (nSPS) is 29.2. The number of urea groups is 1. The minimum Gasteiger partial charge on any atom is -0.382 e. The number of carbonyl (C=O) groups excluding carboxylic acids is 3. The molecule has 11 N–H and O–H groups in total. The van der Waals surface area contributed by atoms with Gasteiger partial charge in [0.1, 0.15) is 30.1 Å². The van der Waals surface area contributed by atoms with Gasteiger partial charge in [0.05, 0.1) is 50.0 Å². The van der Waals surface area contributed by atoms with Crippen LogP contribution in [0.3, 0.4) is 0 Å². The van der Waals surface area contributed by atoms with Crippen LogP contribution in [0.15, 0.2) is 54.4 Å². The predicted molar refractivity (Wildman–Crippen MR) is 248 cm³/mol. The molecule has 69 heavy (non-hydrogen) atoms. The summed E-state index contributed by atoms with van der Waals surface area (Å²) in [7, 11) is 0. The summed E-state index contributed by atoms with van der Waals surface area (Å²) < 4.78 is 81.3. The van der Waals surface area contributed by atoms with Crippen molar-refractivity contribution in [1.82, 2.24) is 49.7 Å². The van der Waals surface area contributed by atoms with Gasteiger partial charge in [-0.3, -0.25) is 32.6 Å². The maximum Gasteiger partial charge on any atom is 0.389 e. The van der Waals surface area contributed by atoms with Crippen LogP contribution < -0.4 is 38.7 Å². The number of fused-ring (bicyclic) bond motifs is 4. The van der Waals surface area contributed by atoms with E-state index in [1.165, 1.54) is 10.9 Å². The predicted octanol–water partition coefficient (Wildman–Crippen LogP) is 2.01. The number of alkyl halides is 2. The quantitative estimate of drug-likeness (QED) is 0.0582. The molecule has 7 heterocycles. The van der Waals surface area contributed by atoms with Crippen LogP contribution in [0.1, 0.15) is 44.7 Å². The number of nitrogen functional groups attached to an aromatic ring is 1. The van der Waals surface area contributed by atoms with E-state index in [4.69, 9.17) is 52.1 Å². The molecular weight excluding hydrogens is 993 g/mol. The summed E-state index contributed by atoms with van der Waals surface area (Å²) in [5, 5.41) is 7.86. The third-order valence-corrected chi connectivity index (χ3v) is 18.1. The molecule has 0 radical (unpaired) electrons. The topological polar surface area (TPSA) is 356 Å². The fourth-order valence-corrected chi connectivity index (χ4v) is 13.8. The van der Waals surface area contributed by atoms with Crippen molar-refractivity contribution in [3.05, 3.63) is 65.5 Å². The number of imidazole rings is 2. The standard InChI is InChI=1S/C38H48F2N14O11P2S2/c1-17(2)25(41)34(56)52-20(4-3-9-44-38(43)58)33(55)51-19-7-5-18(6-8-19)12-69-67(60)62-11-22-29(24(40)37(64-22)53-15-49-26-30(42)45-13-46-31(26)53)66(59,68)61-10-21-28(65-67)23(39)36(63-21)54-16-50-27-32(54)47-14-48-35(27)57/h5-8,13-17,20-25,28-29,36-37H,3-4,9-12,41H2,1-2H3,(H,51,55)(H,52,56)(H,59,68)(H2,42,45,46)(H3,43,44,58)(H,47,48,57)/t20-,21+,22+,23+,24+,25-,28+,29+,36+,37+,66?,67?/m0/s1. The van der Waals surface area contributed by atoms with Crippen LogP contribution in [0, 0.1) is 5.92 Å². The number of carbonyl (C=O) groups is 3. The molecule has 31 heteroatoms. The van der Waals surface area contributed by atoms with Gasteiger partial charge in [-0.15, -0.1) is 0 Å². The van der Waals surface area contributed by atoms with Gasteiger partial charge in [-0.2, -0.15) is 0 Å². The number of amides is 4. The zero-order valence-electron chi connectivity index (χ0n) is 36.6. The van der Waals surface area contributed by atoms with Crippen molar-refractivity contribution in [2.45, 2.75) is 93.3 Å². The lowest BCUT2D eigenvalue weighted by Gasteiger charge is -2.27. The Bertz CT molecular complexity index is 2860. The summed E-state index contributed by atoms with van der Waals surface area (Å²) >= 11 is 6.23. The third kappa shape index (κ3) is 10.8. The first-order valence-corrected chi connectivity index (χ1v) is 27.2. The molecule has 0 saturated carbocycles. The van der Waals surface area contributed by atoms with Crippen molar-refractivity contribution in [2.24, 2.45) is 17.4 Å². The smallest absolute Gasteiger partial charge is 0.382 e. The Morgan fingerprint density at radius 3 is 2.35 bits per heavy atom. The second-order valence-corrected chi connectivity index (χ2v) is 24.1. The number of aromatic nitrogens is 8. The van der Waals surface area contributed by atoms with Crippen molar-refractivity contribution >= 4 is 88.2 Å². The number of hydrogen-bond acceptors (Lipinski definition) is 19. The monoisotopic (exact) mass is 1040 g/mol. The number of halogens is 2. The molecule has 0 bridgehead atoms. The molecule has 5 aromatic rings. The summed E-state index contributed by atoms with van der Waals surface area (Å²) in [6.07, 6.45) is -6.90. The Morgan fingerprint density at radius 1 is 0.971 bits per heavy atom. The summed E-state index contributed by atoms with van der Waals surface area (Å²) in [4.78, 5) is 84.5. The van der Waals surface area contributed by atoms with Gasteiger partial charge in [0, 0.05) is 18.0 Å². The van der Waals surface area contributed by atoms with Crippen molar-refractivity contribution < 1.29 is 55.7 Å². The number of aromatic amines is 1. The van der Waals surface area contributed by atoms with Gasteiger partial charge in [0.15, 0.2) is 53.9 Å². The summed E-state index contributed by atoms with van der Waals surface area (Å²) in [5.41, 5.74) is 15.9. The molecule has 12 atom stereocenters. The van der Waals surface area contributed by atoms with Gasteiger partial charge < -0.3 is 57.0 Å². The van der Waals surface area contributed by atoms with Crippen LogP contribution in [0.5, 0.6) is 0 Å². The summed E-state index contributed by atoms with van der Waals surface area (Å²) in [5.74, 6) is -1.39. The third-order valence-electron chi connectivity index (χ3n) is 11.5. The Hall–Kier alpha value is -5.06. The number of H-pyrrole nitrogens is 1. The SMILES string of the molecule is CC(C)[C@H](N)C(=O)N[C@@H](CCCNC(N)=O)C(=O)Nc1ccc(CSP2(=O)OC[C@H]3O[C@@H](n4cnc5c(N)ncnc54)[C@H](F)[C@@H]3P(O)(=S)OC[C@H]3O[C@@H](n4cnc5c(=O)[nH]cnc54)[C@H](F)[C@@H]3O2)cc1. The van der Waals surface area contributed by atoms with Crippen LogP contribution in [-0.2, 0) is 54.8 Å². The summed E-state index contributed by atoms with van der Waals surface area (Å²) in [6.45, 7) is -6.56. The Balaban J connectivity index is 1.04. The van der Waals surface area contributed by atoms with Gasteiger partial charge >= 0.3 is 12.8 Å². The van der Waals surface area contributed by atoms with Crippen LogP contribution in [0.4, 0.5) is 25.1 Å². The maximum atomic E-state index is 16.9. The number of anilines is 2. The number of hydrogen-bond donors (Lipinski definition) is 8. The molecule has 2 unspecified atom stereocenters. The van der Waals surface area contributed by atoms with E-state index in [2.05, 4.69) is 45.9 Å². The van der Waals surface area contributed by atoms with E-state index >= 15 is 13.3 Å². The van der Waals surface area contributed by atoms with E-state index in [9.17, 15) is 24.1 Å². The molecule has 372 valence electrons. The molecule has 0 aliphatic carbocycles. The van der Waals surface area contributed by atoms with Gasteiger partial charge in [-0.1, -0.05) is 26.0 Å². The highest BCUT2D eigenvalue weighted by Gasteiger charge is 2.57. The van der Waals surface area contributed by atoms with Gasteiger partial charge in [0.25, 0.3) is 5.56 Å². The highest BCUT2D eigenvalue weighted by Crippen LogP contribution is 2.66. The van der Waals surface area contributed by atoms with Crippen molar-refractivity contribution in [2.75, 3.05) is 30.8 Å². The lowest BCUT2D eigenvalue weighted by Crippen LogP contribution is -2.51. The minimum absolute atomic E-state index is 0.0163. The number of rotatable bonds is 14. The second-order valence-electron chi connectivity index (χ2n) is 16.5. The van der Waals surface area contributed by atoms with E-state index < -0.39 is 111 Å². The maximum absolute atomic E-state index is 16.9. The van der Waals surface area contributed by atoms with E-state index in [0.717, 1.165) is 23.5 Å². The largest absolute Gasteiger partial charge is 0.389 e. The van der Waals surface area contributed by atoms with Crippen molar-refractivity contribution in [3.63, 3.8) is 0 Å². The number of nitrogens with two attached hydrogens (primary N) is 3. The molecule has 3 aliphatic rings. The molecule has 4 aromatic heterocycles. The van der Waals surface area contributed by atoms with Gasteiger partial charge in [0.2, 0.25) is 11.8 Å². The average molecular weight is 1040 g/mol. The second kappa shape index (κ2) is 20.7. The van der Waals surface area contributed by atoms with E-state index in [1.54, 1.807) is 38.1 Å². The minimum atomic E-state index is -4.59. The highest BCUT2D eigenvalue weighted by molar-refractivity contribution is 8.54. The van der Waals surface area contributed by atoms with Crippen molar-refractivity contribution in [1.29, 1.82) is 0 Å². The van der Waals surface area contributed by atoms with Crippen LogP contribution in [0.25, 0.3) is 22.3 Å². The lowest BCUT2D eigenvalue weighted by atomic mass is 10.0. The van der Waals surface area contributed by atoms with Crippen LogP contribution in [-0.4, -0.2) is 130 Å². The molecule has 3 aliphatic heterocycles. The Kier molecular flexibility index (Phi) is 15.1. The van der Waals surface area contributed by atoms with Crippen molar-refractivity contribution in [3.8, 4) is 0 Å². The fraction of sp³-hybridized carbons (Fsp3) is 0.500. The molecule has 3 fully saturated rings. The van der Waals surface area contributed by atoms with Crippen LogP contribution >= 0.6 is 24.7 Å². The Morgan fingerprint density at radius 2 is 1.64 bits per heavy atom. The number of nitrogens with zero attached hydrogens (tertiary/aromatic N) is 7. The number of primary amides is 1. The first kappa shape index (κ1) is 50.3. The molecular formula is C38H48F2N14O11P2S2. The molecule has 4 amide bonds. The average Bonchev–Trinajstić information content (AvgIpc) is 4.09. The molecule has 3 saturated heterocycles. The zero-order valence-corrected chi connectivity index (χ0v) is 40.0. The number of ether oxygens (including phenoxy) is 2. The zero-order chi connectivity index (χ0) is 49.4. The number of benzene rings is 1. The van der Waals surface area contributed by atoms with E-state index in [-0.39, 0.29) is 52.8 Å². The Labute approximate surface area is 399 Å². The fourth-order valence-electron chi connectivity index (χ4n) is 7.84. The molecule has 25 nitrogen and oxygen atoms in total. The molecule has 8 rings (SSSR count). The highest BCUT2D eigenvalue weighted by atomic mass is 32.7. The van der Waals surface area contributed by atoms with Gasteiger partial charge in [-0.25, -0.2) is 43.1 Å². The van der Waals surface area contributed by atoms with E-state index in [1.807, 2.05) is 0 Å². The molecule has 1 aromatic carbocycles. The van der Waals surface area contributed by atoms with Crippen LogP contribution in [0.2, 0.25) is 0 Å². The molecule has 0 spiro atoms. The first-order valence-electron chi connectivity index (χ1n) is 21.3. The first-order chi connectivity index (χ1) is 32.8. The number of nitrogens with one attached hydrogen (secondary N) is 4. The summed E-state index contributed by atoms with van der Waals surface area (Å²) in [6, 6.07) is 3.66. The van der Waals surface area contributed by atoms with E-state index in [0.29, 0.717) is 29.1 Å². The lowest BCUT2D eigenvalue weighted by molar-refractivity contribution is -0.128.